The molecule has 0 fully saturated rings. The second kappa shape index (κ2) is 58.9. The van der Waals surface area contributed by atoms with Crippen LogP contribution in [0.1, 0.15) is 341 Å². The minimum absolute atomic E-state index is 0.0323. The molecule has 0 saturated heterocycles. The van der Waals surface area contributed by atoms with Gasteiger partial charge in [-0.2, -0.15) is 0 Å². The highest BCUT2D eigenvalue weighted by molar-refractivity contribution is 5.76. The summed E-state index contributed by atoms with van der Waals surface area (Å²) in [6.07, 6.45) is 72.3. The van der Waals surface area contributed by atoms with E-state index in [-0.39, 0.29) is 18.5 Å². The zero-order valence-corrected chi connectivity index (χ0v) is 46.6. The highest BCUT2D eigenvalue weighted by Crippen LogP contribution is 2.18. The fourth-order valence-corrected chi connectivity index (χ4v) is 9.70. The summed E-state index contributed by atoms with van der Waals surface area (Å²) in [6, 6.07) is -0.666. The van der Waals surface area contributed by atoms with Crippen LogP contribution >= 0.6 is 0 Å². The zero-order valence-electron chi connectivity index (χ0n) is 46.6. The van der Waals surface area contributed by atoms with Crippen LogP contribution in [0.5, 0.6) is 0 Å². The first-order valence-corrected chi connectivity index (χ1v) is 31.1. The van der Waals surface area contributed by atoms with E-state index in [0.717, 1.165) is 70.6 Å². The largest absolute Gasteiger partial charge is 0.466 e. The number of rotatable bonds is 58. The van der Waals surface area contributed by atoms with E-state index in [2.05, 4.69) is 31.3 Å². The minimum atomic E-state index is -0.876. The van der Waals surface area contributed by atoms with Crippen molar-refractivity contribution in [3.63, 3.8) is 0 Å². The maximum Gasteiger partial charge on any atom is 0.305 e. The molecule has 6 heteroatoms. The van der Waals surface area contributed by atoms with Gasteiger partial charge < -0.3 is 20.3 Å². The van der Waals surface area contributed by atoms with Crippen molar-refractivity contribution in [1.29, 1.82) is 0 Å². The van der Waals surface area contributed by atoms with Gasteiger partial charge in [-0.05, 0) is 51.4 Å². The highest BCUT2D eigenvalue weighted by atomic mass is 16.5. The van der Waals surface area contributed by atoms with E-state index in [1.165, 1.54) is 244 Å². The summed E-state index contributed by atoms with van der Waals surface area (Å²) in [5.74, 6) is -0.157. The van der Waals surface area contributed by atoms with Crippen molar-refractivity contribution < 1.29 is 24.5 Å². The number of unbranched alkanes of at least 4 members (excludes halogenated alkanes) is 45. The van der Waals surface area contributed by atoms with Crippen molar-refractivity contribution in [2.45, 2.75) is 353 Å². The Kier molecular flexibility index (Phi) is 57.5. The molecule has 0 aliphatic rings. The molecule has 0 rings (SSSR count). The summed E-state index contributed by atoms with van der Waals surface area (Å²) in [5.41, 5.74) is 0. The van der Waals surface area contributed by atoms with Gasteiger partial charge in [0.2, 0.25) is 5.91 Å². The SMILES string of the molecule is CCCCCCCCCCCCCCCCCCCCCCCC/C=C/C(O)C(CO)NC(=O)CCC/C=C\CCCCCCOC(=O)CCCCCCCCCCCCCCCCCCCCC. The smallest absolute Gasteiger partial charge is 0.305 e. The lowest BCUT2D eigenvalue weighted by molar-refractivity contribution is -0.143. The summed E-state index contributed by atoms with van der Waals surface area (Å²) < 4.78 is 5.47. The van der Waals surface area contributed by atoms with Gasteiger partial charge in [-0.15, -0.1) is 0 Å². The number of esters is 1. The van der Waals surface area contributed by atoms with Crippen LogP contribution in [0.4, 0.5) is 0 Å². The number of aliphatic hydroxyl groups excluding tert-OH is 2. The summed E-state index contributed by atoms with van der Waals surface area (Å²) >= 11 is 0. The Hall–Kier alpha value is -1.66. The molecule has 69 heavy (non-hydrogen) atoms. The summed E-state index contributed by atoms with van der Waals surface area (Å²) in [5, 5.41) is 23.2. The average Bonchev–Trinajstić information content (AvgIpc) is 3.35. The molecule has 408 valence electrons. The van der Waals surface area contributed by atoms with E-state index in [0.29, 0.717) is 19.4 Å². The molecule has 2 atom stereocenters. The van der Waals surface area contributed by atoms with Crippen molar-refractivity contribution in [3.05, 3.63) is 24.3 Å². The number of carbonyl (C=O) groups is 2. The molecule has 2 unspecified atom stereocenters. The molecule has 0 aliphatic heterocycles. The first kappa shape index (κ1) is 67.3. The van der Waals surface area contributed by atoms with Crippen LogP contribution in [0.25, 0.3) is 0 Å². The first-order valence-electron chi connectivity index (χ1n) is 31.1. The number of ether oxygens (including phenoxy) is 1. The number of aliphatic hydroxyl groups is 2. The van der Waals surface area contributed by atoms with Gasteiger partial charge in [0.05, 0.1) is 25.4 Å². The standard InChI is InChI=1S/C63H121NO5/c1-3-5-7-9-11-13-15-17-19-21-23-24-25-26-27-29-30-32-34-36-39-43-47-51-55-61(66)60(59-65)64-62(67)56-52-48-44-40-38-42-46-50-54-58-69-63(68)57-53-49-45-41-37-35-33-31-28-22-20-18-16-14-12-10-8-6-4-2/h40,44,51,55,60-61,65-66H,3-39,41-43,45-50,52-54,56-59H2,1-2H3,(H,64,67)/b44-40-,55-51+. The third-order valence-electron chi connectivity index (χ3n) is 14.5. The van der Waals surface area contributed by atoms with Crippen molar-refractivity contribution in [3.8, 4) is 0 Å². The number of nitrogens with one attached hydrogen (secondary N) is 1. The quantitative estimate of drug-likeness (QED) is 0.0321. The lowest BCUT2D eigenvalue weighted by Crippen LogP contribution is -2.45. The Morgan fingerprint density at radius 3 is 1.06 bits per heavy atom. The molecule has 1 amide bonds. The second-order valence-electron chi connectivity index (χ2n) is 21.4. The van der Waals surface area contributed by atoms with E-state index >= 15 is 0 Å². The van der Waals surface area contributed by atoms with Gasteiger partial charge in [0.15, 0.2) is 0 Å². The Balaban J connectivity index is 3.52. The summed E-state index contributed by atoms with van der Waals surface area (Å²) in [4.78, 5) is 24.6. The van der Waals surface area contributed by atoms with Gasteiger partial charge in [-0.3, -0.25) is 9.59 Å². The molecule has 0 aromatic heterocycles. The summed E-state index contributed by atoms with van der Waals surface area (Å²) in [7, 11) is 0. The molecular weight excluding hydrogens is 851 g/mol. The monoisotopic (exact) mass is 972 g/mol. The van der Waals surface area contributed by atoms with E-state index < -0.39 is 12.1 Å². The second-order valence-corrected chi connectivity index (χ2v) is 21.4. The van der Waals surface area contributed by atoms with Gasteiger partial charge in [0.25, 0.3) is 0 Å². The molecule has 0 aromatic rings. The van der Waals surface area contributed by atoms with E-state index in [4.69, 9.17) is 4.74 Å². The Morgan fingerprint density at radius 1 is 0.391 bits per heavy atom. The average molecular weight is 973 g/mol. The van der Waals surface area contributed by atoms with Crippen LogP contribution in [0.15, 0.2) is 24.3 Å². The maximum absolute atomic E-state index is 12.5. The predicted molar refractivity (Wildman–Crippen MR) is 301 cm³/mol. The Labute approximate surface area is 431 Å². The molecule has 0 bridgehead atoms. The highest BCUT2D eigenvalue weighted by Gasteiger charge is 2.18. The molecule has 6 nitrogen and oxygen atoms in total. The van der Waals surface area contributed by atoms with Crippen molar-refractivity contribution >= 4 is 11.9 Å². The zero-order chi connectivity index (χ0) is 50.0. The molecule has 0 aliphatic carbocycles. The van der Waals surface area contributed by atoms with Crippen LogP contribution in [0.2, 0.25) is 0 Å². The Morgan fingerprint density at radius 2 is 0.696 bits per heavy atom. The Bertz CT molecular complexity index is 1080. The molecule has 3 N–H and O–H groups in total. The van der Waals surface area contributed by atoms with E-state index in [1.807, 2.05) is 6.08 Å². The molecule has 0 spiro atoms. The van der Waals surface area contributed by atoms with E-state index in [1.54, 1.807) is 6.08 Å². The van der Waals surface area contributed by atoms with Gasteiger partial charge in [-0.1, -0.05) is 301 Å². The molecular formula is C63H121NO5. The number of carbonyl (C=O) groups excluding carboxylic acids is 2. The van der Waals surface area contributed by atoms with Gasteiger partial charge >= 0.3 is 5.97 Å². The topological polar surface area (TPSA) is 95.9 Å². The first-order chi connectivity index (χ1) is 34.0. The van der Waals surface area contributed by atoms with Gasteiger partial charge in [0, 0.05) is 12.8 Å². The fourth-order valence-electron chi connectivity index (χ4n) is 9.70. The minimum Gasteiger partial charge on any atom is -0.466 e. The number of hydrogen-bond donors (Lipinski definition) is 3. The lowest BCUT2D eigenvalue weighted by Gasteiger charge is -2.19. The van der Waals surface area contributed by atoms with Crippen LogP contribution in [-0.4, -0.2) is 47.4 Å². The molecule has 0 heterocycles. The van der Waals surface area contributed by atoms with Crippen molar-refractivity contribution in [2.75, 3.05) is 13.2 Å². The summed E-state index contributed by atoms with van der Waals surface area (Å²) in [6.45, 7) is 4.85. The third kappa shape index (κ3) is 55.5. The molecule has 0 radical (unpaired) electrons. The van der Waals surface area contributed by atoms with Gasteiger partial charge in [0.1, 0.15) is 0 Å². The molecule has 0 saturated carbocycles. The van der Waals surface area contributed by atoms with Crippen LogP contribution in [0.3, 0.4) is 0 Å². The predicted octanol–water partition coefficient (Wildman–Crippen LogP) is 19.4. The fraction of sp³-hybridized carbons (Fsp3) is 0.905. The van der Waals surface area contributed by atoms with Crippen LogP contribution < -0.4 is 5.32 Å². The van der Waals surface area contributed by atoms with Gasteiger partial charge in [-0.25, -0.2) is 0 Å². The maximum atomic E-state index is 12.5. The van der Waals surface area contributed by atoms with Crippen LogP contribution in [0, 0.1) is 0 Å². The lowest BCUT2D eigenvalue weighted by atomic mass is 10.0. The molecule has 0 aromatic carbocycles. The van der Waals surface area contributed by atoms with Crippen LogP contribution in [-0.2, 0) is 14.3 Å². The number of hydrogen-bond acceptors (Lipinski definition) is 5. The number of allylic oxidation sites excluding steroid dienone is 3. The normalized spacial score (nSPS) is 12.7. The van der Waals surface area contributed by atoms with E-state index in [9.17, 15) is 19.8 Å². The van der Waals surface area contributed by atoms with Crippen molar-refractivity contribution in [2.24, 2.45) is 0 Å². The number of amides is 1. The van der Waals surface area contributed by atoms with Crippen molar-refractivity contribution in [1.82, 2.24) is 5.32 Å². The third-order valence-corrected chi connectivity index (χ3v) is 14.5.